The molecule has 2 rings (SSSR count). The molecule has 6 heteroatoms. The zero-order chi connectivity index (χ0) is 12.6. The SMILES string of the molecule is CN1CCN(C2CC(=O)N(N(C)C)C2=O)CC1. The number of piperazine rings is 1. The van der Waals surface area contributed by atoms with Crippen LogP contribution in [-0.2, 0) is 9.59 Å². The highest BCUT2D eigenvalue weighted by atomic mass is 16.2. The quantitative estimate of drug-likeness (QED) is 0.570. The van der Waals surface area contributed by atoms with Gasteiger partial charge >= 0.3 is 0 Å². The van der Waals surface area contributed by atoms with Crippen molar-refractivity contribution in [3.63, 3.8) is 0 Å². The number of carbonyl (C=O) groups is 2. The van der Waals surface area contributed by atoms with E-state index >= 15 is 0 Å². The summed E-state index contributed by atoms with van der Waals surface area (Å²) in [5.41, 5.74) is 0. The van der Waals surface area contributed by atoms with Gasteiger partial charge < -0.3 is 4.90 Å². The van der Waals surface area contributed by atoms with Gasteiger partial charge in [-0.2, -0.15) is 0 Å². The van der Waals surface area contributed by atoms with Crippen LogP contribution in [0.15, 0.2) is 0 Å². The van der Waals surface area contributed by atoms with Crippen molar-refractivity contribution < 1.29 is 9.59 Å². The Morgan fingerprint density at radius 3 is 2.18 bits per heavy atom. The number of rotatable bonds is 2. The van der Waals surface area contributed by atoms with Crippen LogP contribution in [0.5, 0.6) is 0 Å². The standard InChI is InChI=1S/C11H20N4O2/c1-12(2)15-10(16)8-9(11(15)17)14-6-4-13(3)5-7-14/h9H,4-8H2,1-3H3. The van der Waals surface area contributed by atoms with Crippen molar-refractivity contribution in [1.29, 1.82) is 0 Å². The molecule has 6 nitrogen and oxygen atoms in total. The summed E-state index contributed by atoms with van der Waals surface area (Å²) in [5, 5.41) is 2.82. The number of imide groups is 1. The number of likely N-dealkylation sites (N-methyl/N-ethyl adjacent to an activating group) is 1. The Balaban J connectivity index is 2.04. The first-order valence-electron chi connectivity index (χ1n) is 5.97. The Labute approximate surface area is 102 Å². The Kier molecular flexibility index (Phi) is 3.46. The number of hydrogen-bond acceptors (Lipinski definition) is 5. The molecular formula is C11H20N4O2. The van der Waals surface area contributed by atoms with E-state index in [0.717, 1.165) is 26.2 Å². The van der Waals surface area contributed by atoms with Crippen molar-refractivity contribution in [2.24, 2.45) is 0 Å². The monoisotopic (exact) mass is 240 g/mol. The molecule has 2 aliphatic rings. The van der Waals surface area contributed by atoms with Gasteiger partial charge in [-0.15, -0.1) is 0 Å². The molecule has 0 aromatic heterocycles. The van der Waals surface area contributed by atoms with Gasteiger partial charge in [0.15, 0.2) is 0 Å². The molecule has 0 N–H and O–H groups in total. The Morgan fingerprint density at radius 2 is 1.71 bits per heavy atom. The predicted molar refractivity (Wildman–Crippen MR) is 63.0 cm³/mol. The van der Waals surface area contributed by atoms with E-state index < -0.39 is 0 Å². The second-order valence-corrected chi connectivity index (χ2v) is 4.95. The zero-order valence-electron chi connectivity index (χ0n) is 10.7. The second-order valence-electron chi connectivity index (χ2n) is 4.95. The molecule has 2 saturated heterocycles. The molecule has 1 unspecified atom stereocenters. The maximum absolute atomic E-state index is 12.1. The zero-order valence-corrected chi connectivity index (χ0v) is 10.7. The van der Waals surface area contributed by atoms with E-state index in [1.54, 1.807) is 19.1 Å². The highest BCUT2D eigenvalue weighted by Gasteiger charge is 2.43. The van der Waals surface area contributed by atoms with Gasteiger partial charge in [-0.1, -0.05) is 0 Å². The lowest BCUT2D eigenvalue weighted by molar-refractivity contribution is -0.154. The third kappa shape index (κ3) is 2.34. The summed E-state index contributed by atoms with van der Waals surface area (Å²) in [4.78, 5) is 28.3. The molecule has 0 bridgehead atoms. The van der Waals surface area contributed by atoms with E-state index in [4.69, 9.17) is 0 Å². The minimum Gasteiger partial charge on any atom is -0.304 e. The van der Waals surface area contributed by atoms with Gasteiger partial charge in [-0.3, -0.25) is 14.5 Å². The smallest absolute Gasteiger partial charge is 0.261 e. The summed E-state index contributed by atoms with van der Waals surface area (Å²) in [6.07, 6.45) is 0.320. The van der Waals surface area contributed by atoms with E-state index in [-0.39, 0.29) is 17.9 Å². The average molecular weight is 240 g/mol. The number of hydrogen-bond donors (Lipinski definition) is 0. The minimum atomic E-state index is -0.251. The van der Waals surface area contributed by atoms with Gasteiger partial charge in [0.2, 0.25) is 5.91 Å². The molecule has 2 heterocycles. The Hall–Kier alpha value is -0.980. The van der Waals surface area contributed by atoms with Gasteiger partial charge in [0.1, 0.15) is 6.04 Å². The van der Waals surface area contributed by atoms with Crippen molar-refractivity contribution in [2.45, 2.75) is 12.5 Å². The van der Waals surface area contributed by atoms with Crippen LogP contribution < -0.4 is 0 Å². The Morgan fingerprint density at radius 1 is 1.12 bits per heavy atom. The number of amides is 2. The maximum atomic E-state index is 12.1. The minimum absolute atomic E-state index is 0.0791. The van der Waals surface area contributed by atoms with Crippen LogP contribution in [0, 0.1) is 0 Å². The van der Waals surface area contributed by atoms with Crippen molar-refractivity contribution >= 4 is 11.8 Å². The second kappa shape index (κ2) is 4.72. The van der Waals surface area contributed by atoms with Crippen molar-refractivity contribution in [1.82, 2.24) is 19.8 Å². The molecule has 2 fully saturated rings. The number of carbonyl (C=O) groups excluding carboxylic acids is 2. The molecule has 0 radical (unpaired) electrons. The van der Waals surface area contributed by atoms with E-state index in [2.05, 4.69) is 16.8 Å². The van der Waals surface area contributed by atoms with Gasteiger partial charge in [0.05, 0.1) is 6.42 Å². The molecule has 17 heavy (non-hydrogen) atoms. The largest absolute Gasteiger partial charge is 0.304 e. The first kappa shape index (κ1) is 12.5. The van der Waals surface area contributed by atoms with Gasteiger partial charge in [-0.25, -0.2) is 10.0 Å². The summed E-state index contributed by atoms with van der Waals surface area (Å²) in [7, 11) is 5.52. The van der Waals surface area contributed by atoms with Gasteiger partial charge in [-0.05, 0) is 7.05 Å². The van der Waals surface area contributed by atoms with Crippen molar-refractivity contribution in [3.05, 3.63) is 0 Å². The molecule has 1 atom stereocenters. The first-order valence-corrected chi connectivity index (χ1v) is 5.97. The van der Waals surface area contributed by atoms with Crippen LogP contribution in [0.3, 0.4) is 0 Å². The highest BCUT2D eigenvalue weighted by molar-refractivity contribution is 6.04. The molecule has 0 aromatic rings. The predicted octanol–water partition coefficient (Wildman–Crippen LogP) is -1.16. The summed E-state index contributed by atoms with van der Waals surface area (Å²) in [5.74, 6) is -0.173. The van der Waals surface area contributed by atoms with Crippen molar-refractivity contribution in [2.75, 3.05) is 47.3 Å². The molecule has 2 amide bonds. The lowest BCUT2D eigenvalue weighted by Crippen LogP contribution is -2.52. The van der Waals surface area contributed by atoms with E-state index in [1.807, 2.05) is 0 Å². The van der Waals surface area contributed by atoms with Crippen LogP contribution in [0.2, 0.25) is 0 Å². The van der Waals surface area contributed by atoms with Crippen LogP contribution in [0.25, 0.3) is 0 Å². The molecule has 0 aromatic carbocycles. The molecule has 0 spiro atoms. The number of nitrogens with zero attached hydrogens (tertiary/aromatic N) is 4. The molecule has 0 saturated carbocycles. The van der Waals surface area contributed by atoms with E-state index in [0.29, 0.717) is 6.42 Å². The third-order valence-corrected chi connectivity index (χ3v) is 3.48. The van der Waals surface area contributed by atoms with Gasteiger partial charge in [0, 0.05) is 40.3 Å². The van der Waals surface area contributed by atoms with Gasteiger partial charge in [0.25, 0.3) is 5.91 Å². The fourth-order valence-electron chi connectivity index (χ4n) is 2.44. The summed E-state index contributed by atoms with van der Waals surface area (Å²) < 4.78 is 0. The molecule has 2 aliphatic heterocycles. The van der Waals surface area contributed by atoms with Crippen LogP contribution in [0.4, 0.5) is 0 Å². The molecule has 96 valence electrons. The Bertz CT molecular complexity index is 323. The lowest BCUT2D eigenvalue weighted by Gasteiger charge is -2.35. The lowest BCUT2D eigenvalue weighted by atomic mass is 10.2. The third-order valence-electron chi connectivity index (χ3n) is 3.48. The summed E-state index contributed by atoms with van der Waals surface area (Å²) >= 11 is 0. The van der Waals surface area contributed by atoms with Crippen LogP contribution >= 0.6 is 0 Å². The average Bonchev–Trinajstić information content (AvgIpc) is 2.55. The van der Waals surface area contributed by atoms with Crippen LogP contribution in [0.1, 0.15) is 6.42 Å². The van der Waals surface area contributed by atoms with Crippen molar-refractivity contribution in [3.8, 4) is 0 Å². The first-order chi connectivity index (χ1) is 8.00. The molecular weight excluding hydrogens is 220 g/mol. The number of hydrazine groups is 1. The summed E-state index contributed by atoms with van der Waals surface area (Å²) in [6.45, 7) is 3.64. The fourth-order valence-corrected chi connectivity index (χ4v) is 2.44. The topological polar surface area (TPSA) is 47.1 Å². The maximum Gasteiger partial charge on any atom is 0.261 e. The highest BCUT2D eigenvalue weighted by Crippen LogP contribution is 2.20. The van der Waals surface area contributed by atoms with Crippen LogP contribution in [-0.4, -0.2) is 85.0 Å². The summed E-state index contributed by atoms with van der Waals surface area (Å²) in [6, 6.07) is -0.251. The van der Waals surface area contributed by atoms with E-state index in [9.17, 15) is 9.59 Å². The molecule has 0 aliphatic carbocycles. The van der Waals surface area contributed by atoms with E-state index in [1.165, 1.54) is 5.01 Å². The fraction of sp³-hybridized carbons (Fsp3) is 0.818. The normalized spacial score (nSPS) is 28.5.